The molecule has 0 aliphatic carbocycles. The maximum absolute atomic E-state index is 13.5. The van der Waals surface area contributed by atoms with E-state index in [-0.39, 0.29) is 6.61 Å². The molecule has 0 aliphatic heterocycles. The van der Waals surface area contributed by atoms with E-state index in [1.807, 2.05) is 25.1 Å². The van der Waals surface area contributed by atoms with E-state index in [1.54, 1.807) is 0 Å². The zero-order valence-electron chi connectivity index (χ0n) is 11.3. The third-order valence-corrected chi connectivity index (χ3v) is 3.32. The van der Waals surface area contributed by atoms with Crippen LogP contribution in [0.15, 0.2) is 36.4 Å². The second kappa shape index (κ2) is 6.54. The van der Waals surface area contributed by atoms with Crippen LogP contribution in [0, 0.1) is 22.9 Å². The molecular weight excluding hydrogens is 297 g/mol. The first-order valence-electron chi connectivity index (χ1n) is 6.23. The average Bonchev–Trinajstić information content (AvgIpc) is 2.45. The standard InChI is InChI=1S/C15H13ClFNO3/c1-10-3-2-4-12(8-16)15(10)21-9-11-5-6-14(18(19)20)13(17)7-11/h2-7H,8-9H2,1H3. The topological polar surface area (TPSA) is 52.4 Å². The van der Waals surface area contributed by atoms with Crippen molar-refractivity contribution in [2.75, 3.05) is 0 Å². The molecule has 0 bridgehead atoms. The predicted octanol–water partition coefficient (Wildman–Crippen LogP) is 4.36. The van der Waals surface area contributed by atoms with Crippen molar-refractivity contribution in [1.82, 2.24) is 0 Å². The number of nitro groups is 1. The van der Waals surface area contributed by atoms with Crippen LogP contribution in [0.4, 0.5) is 10.1 Å². The van der Waals surface area contributed by atoms with Gasteiger partial charge in [-0.25, -0.2) is 0 Å². The van der Waals surface area contributed by atoms with Gasteiger partial charge < -0.3 is 4.74 Å². The normalized spacial score (nSPS) is 10.4. The lowest BCUT2D eigenvalue weighted by Gasteiger charge is -2.12. The molecule has 0 fully saturated rings. The largest absolute Gasteiger partial charge is 0.488 e. The fourth-order valence-electron chi connectivity index (χ4n) is 1.97. The molecule has 0 amide bonds. The maximum atomic E-state index is 13.5. The van der Waals surface area contributed by atoms with Gasteiger partial charge in [-0.15, -0.1) is 11.6 Å². The van der Waals surface area contributed by atoms with Crippen LogP contribution in [-0.4, -0.2) is 4.92 Å². The smallest absolute Gasteiger partial charge is 0.304 e. The summed E-state index contributed by atoms with van der Waals surface area (Å²) in [6, 6.07) is 9.34. The molecule has 0 spiro atoms. The molecule has 4 nitrogen and oxygen atoms in total. The summed E-state index contributed by atoms with van der Waals surface area (Å²) in [5.41, 5.74) is 1.74. The van der Waals surface area contributed by atoms with Gasteiger partial charge in [-0.3, -0.25) is 10.1 Å². The Kier molecular flexibility index (Phi) is 4.75. The summed E-state index contributed by atoms with van der Waals surface area (Å²) >= 11 is 5.85. The van der Waals surface area contributed by atoms with Crippen LogP contribution < -0.4 is 4.74 Å². The lowest BCUT2D eigenvalue weighted by Crippen LogP contribution is -2.01. The summed E-state index contributed by atoms with van der Waals surface area (Å²) in [6.07, 6.45) is 0. The highest BCUT2D eigenvalue weighted by atomic mass is 35.5. The lowest BCUT2D eigenvalue weighted by atomic mass is 10.1. The molecule has 2 rings (SSSR count). The molecule has 2 aromatic rings. The van der Waals surface area contributed by atoms with E-state index < -0.39 is 16.4 Å². The van der Waals surface area contributed by atoms with Crippen LogP contribution in [0.3, 0.4) is 0 Å². The summed E-state index contributed by atoms with van der Waals surface area (Å²) in [5.74, 6) is 0.0979. The number of nitrogens with zero attached hydrogens (tertiary/aromatic N) is 1. The molecule has 0 aromatic heterocycles. The van der Waals surface area contributed by atoms with E-state index in [4.69, 9.17) is 16.3 Å². The number of alkyl halides is 1. The Morgan fingerprint density at radius 1 is 1.33 bits per heavy atom. The van der Waals surface area contributed by atoms with E-state index in [0.717, 1.165) is 23.3 Å². The zero-order valence-corrected chi connectivity index (χ0v) is 12.1. The van der Waals surface area contributed by atoms with Gasteiger partial charge >= 0.3 is 5.69 Å². The fourth-order valence-corrected chi connectivity index (χ4v) is 2.18. The lowest BCUT2D eigenvalue weighted by molar-refractivity contribution is -0.387. The molecule has 6 heteroatoms. The van der Waals surface area contributed by atoms with Gasteiger partial charge in [0, 0.05) is 11.6 Å². The second-order valence-corrected chi connectivity index (χ2v) is 4.80. The summed E-state index contributed by atoms with van der Waals surface area (Å²) in [5, 5.41) is 10.6. The minimum Gasteiger partial charge on any atom is -0.488 e. The van der Waals surface area contributed by atoms with Gasteiger partial charge in [0.05, 0.1) is 10.8 Å². The van der Waals surface area contributed by atoms with Gasteiger partial charge in [-0.05, 0) is 30.2 Å². The molecule has 0 N–H and O–H groups in total. The Hall–Kier alpha value is -2.14. The van der Waals surface area contributed by atoms with Gasteiger partial charge in [-0.2, -0.15) is 4.39 Å². The molecule has 0 unspecified atom stereocenters. The van der Waals surface area contributed by atoms with Crippen molar-refractivity contribution in [3.05, 3.63) is 69.0 Å². The number of halogens is 2. The van der Waals surface area contributed by atoms with Crippen molar-refractivity contribution in [3.8, 4) is 5.75 Å². The van der Waals surface area contributed by atoms with E-state index in [0.29, 0.717) is 17.2 Å². The third kappa shape index (κ3) is 3.49. The third-order valence-electron chi connectivity index (χ3n) is 3.03. The fraction of sp³-hybridized carbons (Fsp3) is 0.200. The van der Waals surface area contributed by atoms with Crippen LogP contribution >= 0.6 is 11.6 Å². The van der Waals surface area contributed by atoms with Crippen LogP contribution in [-0.2, 0) is 12.5 Å². The first-order chi connectivity index (χ1) is 10.0. The van der Waals surface area contributed by atoms with Crippen molar-refractivity contribution in [1.29, 1.82) is 0 Å². The molecule has 110 valence electrons. The number of benzene rings is 2. The van der Waals surface area contributed by atoms with Crippen LogP contribution in [0.2, 0.25) is 0 Å². The SMILES string of the molecule is Cc1cccc(CCl)c1OCc1ccc([N+](=O)[O-])c(F)c1. The van der Waals surface area contributed by atoms with Crippen LogP contribution in [0.5, 0.6) is 5.75 Å². The average molecular weight is 310 g/mol. The summed E-state index contributed by atoms with van der Waals surface area (Å²) in [7, 11) is 0. The van der Waals surface area contributed by atoms with Crippen molar-refractivity contribution in [2.24, 2.45) is 0 Å². The summed E-state index contributed by atoms with van der Waals surface area (Å²) in [4.78, 5) is 9.80. The number of hydrogen-bond donors (Lipinski definition) is 0. The van der Waals surface area contributed by atoms with E-state index in [9.17, 15) is 14.5 Å². The zero-order chi connectivity index (χ0) is 15.4. The summed E-state index contributed by atoms with van der Waals surface area (Å²) < 4.78 is 19.2. The predicted molar refractivity (Wildman–Crippen MR) is 78.1 cm³/mol. The number of nitro benzene ring substituents is 1. The molecule has 0 radical (unpaired) electrons. The monoisotopic (exact) mass is 309 g/mol. The van der Waals surface area contributed by atoms with Crippen LogP contribution in [0.25, 0.3) is 0 Å². The Labute approximate surface area is 126 Å². The van der Waals surface area contributed by atoms with E-state index in [1.165, 1.54) is 6.07 Å². The Morgan fingerprint density at radius 2 is 2.10 bits per heavy atom. The van der Waals surface area contributed by atoms with Crippen molar-refractivity contribution >= 4 is 17.3 Å². The molecule has 0 atom stereocenters. The minimum absolute atomic E-state index is 0.115. The number of aryl methyl sites for hydroxylation is 1. The molecule has 0 saturated carbocycles. The minimum atomic E-state index is -0.872. The molecule has 2 aromatic carbocycles. The van der Waals surface area contributed by atoms with Crippen molar-refractivity contribution < 1.29 is 14.1 Å². The molecule has 0 heterocycles. The highest BCUT2D eigenvalue weighted by Gasteiger charge is 2.14. The highest BCUT2D eigenvalue weighted by Crippen LogP contribution is 2.26. The quantitative estimate of drug-likeness (QED) is 0.468. The van der Waals surface area contributed by atoms with Gasteiger partial charge in [0.1, 0.15) is 12.4 Å². The van der Waals surface area contributed by atoms with E-state index in [2.05, 4.69) is 0 Å². The Morgan fingerprint density at radius 3 is 2.71 bits per heavy atom. The van der Waals surface area contributed by atoms with Crippen molar-refractivity contribution in [2.45, 2.75) is 19.4 Å². The van der Waals surface area contributed by atoms with Gasteiger partial charge in [0.2, 0.25) is 5.82 Å². The number of hydrogen-bond acceptors (Lipinski definition) is 3. The van der Waals surface area contributed by atoms with Gasteiger partial charge in [-0.1, -0.05) is 18.2 Å². The van der Waals surface area contributed by atoms with Crippen LogP contribution in [0.1, 0.15) is 16.7 Å². The van der Waals surface area contributed by atoms with Gasteiger partial charge in [0.25, 0.3) is 0 Å². The maximum Gasteiger partial charge on any atom is 0.304 e. The number of ether oxygens (including phenoxy) is 1. The number of rotatable bonds is 5. The first-order valence-corrected chi connectivity index (χ1v) is 6.76. The number of para-hydroxylation sites is 1. The van der Waals surface area contributed by atoms with E-state index >= 15 is 0 Å². The summed E-state index contributed by atoms with van der Waals surface area (Å²) in [6.45, 7) is 2.01. The molecular formula is C15H13ClFNO3. The Bertz CT molecular complexity index is 676. The van der Waals surface area contributed by atoms with Gasteiger partial charge in [0.15, 0.2) is 0 Å². The molecule has 21 heavy (non-hydrogen) atoms. The Balaban J connectivity index is 2.17. The second-order valence-electron chi connectivity index (χ2n) is 4.53. The first kappa shape index (κ1) is 15.3. The molecule has 0 saturated heterocycles. The highest BCUT2D eigenvalue weighted by molar-refractivity contribution is 6.17. The molecule has 0 aliphatic rings. The van der Waals surface area contributed by atoms with Crippen molar-refractivity contribution in [3.63, 3.8) is 0 Å².